The van der Waals surface area contributed by atoms with Gasteiger partial charge in [0, 0.05) is 11.5 Å². The zero-order valence-corrected chi connectivity index (χ0v) is 14.3. The van der Waals surface area contributed by atoms with Gasteiger partial charge in [-0.15, -0.1) is 0 Å². The smallest absolute Gasteiger partial charge is 0.380 e. The lowest BCUT2D eigenvalue weighted by Gasteiger charge is -2.09. The highest BCUT2D eigenvalue weighted by Crippen LogP contribution is 2.35. The fourth-order valence-corrected chi connectivity index (χ4v) is 3.37. The first-order chi connectivity index (χ1) is 13.1. The van der Waals surface area contributed by atoms with E-state index in [0.717, 1.165) is 0 Å². The van der Waals surface area contributed by atoms with Gasteiger partial charge in [0.1, 0.15) is 16.7 Å². The van der Waals surface area contributed by atoms with Crippen molar-refractivity contribution in [1.29, 1.82) is 0 Å². The molecule has 134 valence electrons. The molecule has 0 aliphatic heterocycles. The highest BCUT2D eigenvalue weighted by molar-refractivity contribution is 6.10. The molecule has 0 amide bonds. The molecule has 0 unspecified atom stereocenters. The second kappa shape index (κ2) is 5.38. The van der Waals surface area contributed by atoms with Gasteiger partial charge < -0.3 is 22.7 Å². The molecule has 0 N–H and O–H groups in total. The molecule has 0 radical (unpaired) electrons. The molecular weight excluding hydrogens is 352 g/mol. The van der Waals surface area contributed by atoms with E-state index in [1.165, 1.54) is 26.5 Å². The Bertz CT molecular complexity index is 1480. The summed E-state index contributed by atoms with van der Waals surface area (Å²) in [7, 11) is 2.96. The van der Waals surface area contributed by atoms with Gasteiger partial charge in [-0.3, -0.25) is 4.79 Å². The minimum atomic E-state index is -0.746. The highest BCUT2D eigenvalue weighted by atomic mass is 16.5. The largest absolute Gasteiger partial charge is 0.493 e. The number of hydrogen-bond donors (Lipinski definition) is 0. The molecule has 0 fully saturated rings. The van der Waals surface area contributed by atoms with Crippen LogP contribution in [0.1, 0.15) is 0 Å². The molecule has 7 heteroatoms. The van der Waals surface area contributed by atoms with Gasteiger partial charge in [-0.05, 0) is 24.3 Å². The standard InChI is InChI=1S/C20H12O7/c1-23-14-7-11-13(8-15(14)24-2)26-20(22)19-16(11)17(21)10-3-4-12-9(5-6-25-12)18(10)27-19/h3-8H,1-2H3. The molecule has 5 aromatic rings. The van der Waals surface area contributed by atoms with Gasteiger partial charge in [0.15, 0.2) is 11.5 Å². The SMILES string of the molecule is COc1cc2oc(=O)c3oc4c(ccc5occc54)c(=O)c3c2cc1OC. The number of rotatable bonds is 2. The van der Waals surface area contributed by atoms with Crippen LogP contribution < -0.4 is 20.5 Å². The Labute approximate surface area is 150 Å². The van der Waals surface area contributed by atoms with Gasteiger partial charge in [0.05, 0.1) is 36.6 Å². The maximum absolute atomic E-state index is 13.2. The van der Waals surface area contributed by atoms with E-state index < -0.39 is 5.63 Å². The Morgan fingerprint density at radius 2 is 1.56 bits per heavy atom. The summed E-state index contributed by atoms with van der Waals surface area (Å²) in [6.07, 6.45) is 1.49. The van der Waals surface area contributed by atoms with Crippen molar-refractivity contribution in [2.24, 2.45) is 0 Å². The van der Waals surface area contributed by atoms with Crippen molar-refractivity contribution in [2.75, 3.05) is 14.2 Å². The zero-order valence-electron chi connectivity index (χ0n) is 14.3. The minimum absolute atomic E-state index is 0.137. The topological polar surface area (TPSA) is 92.0 Å². The fourth-order valence-electron chi connectivity index (χ4n) is 3.37. The van der Waals surface area contributed by atoms with E-state index in [2.05, 4.69) is 0 Å². The summed E-state index contributed by atoms with van der Waals surface area (Å²) in [4.78, 5) is 25.8. The van der Waals surface area contributed by atoms with Crippen molar-refractivity contribution in [3.05, 3.63) is 57.2 Å². The molecular formula is C20H12O7. The number of ether oxygens (including phenoxy) is 2. The Hall–Kier alpha value is -3.74. The Morgan fingerprint density at radius 1 is 0.778 bits per heavy atom. The summed E-state index contributed by atoms with van der Waals surface area (Å²) in [5.74, 6) is 0.794. The molecule has 0 bridgehead atoms. The van der Waals surface area contributed by atoms with Crippen molar-refractivity contribution in [1.82, 2.24) is 0 Å². The predicted molar refractivity (Wildman–Crippen MR) is 98.9 cm³/mol. The quantitative estimate of drug-likeness (QED) is 0.267. The van der Waals surface area contributed by atoms with Crippen molar-refractivity contribution < 1.29 is 22.7 Å². The average molecular weight is 364 g/mol. The molecule has 3 aromatic heterocycles. The first-order valence-corrected chi connectivity index (χ1v) is 8.08. The highest BCUT2D eigenvalue weighted by Gasteiger charge is 2.20. The molecule has 0 aliphatic carbocycles. The Balaban J connectivity index is 2.06. The summed E-state index contributed by atoms with van der Waals surface area (Å²) < 4.78 is 27.1. The second-order valence-electron chi connectivity index (χ2n) is 6.00. The molecule has 7 nitrogen and oxygen atoms in total. The third kappa shape index (κ3) is 2.02. The van der Waals surface area contributed by atoms with E-state index in [1.54, 1.807) is 24.3 Å². The molecule has 0 aliphatic rings. The molecule has 0 spiro atoms. The molecule has 2 aromatic carbocycles. The summed E-state index contributed by atoms with van der Waals surface area (Å²) in [5, 5.41) is 1.50. The third-order valence-electron chi connectivity index (χ3n) is 4.63. The number of furan rings is 1. The Kier molecular flexibility index (Phi) is 3.09. The van der Waals surface area contributed by atoms with Crippen LogP contribution in [0, 0.1) is 0 Å². The third-order valence-corrected chi connectivity index (χ3v) is 4.63. The number of benzene rings is 2. The van der Waals surface area contributed by atoms with Crippen LogP contribution >= 0.6 is 0 Å². The van der Waals surface area contributed by atoms with Gasteiger partial charge in [0.25, 0.3) is 0 Å². The van der Waals surface area contributed by atoms with E-state index >= 15 is 0 Å². The van der Waals surface area contributed by atoms with Crippen LogP contribution in [0.15, 0.2) is 59.4 Å². The first-order valence-electron chi connectivity index (χ1n) is 8.08. The first kappa shape index (κ1) is 15.5. The summed E-state index contributed by atoms with van der Waals surface area (Å²) in [6, 6.07) is 8.10. The average Bonchev–Trinajstić information content (AvgIpc) is 3.16. The molecule has 0 saturated carbocycles. The van der Waals surface area contributed by atoms with Crippen molar-refractivity contribution in [3.8, 4) is 11.5 Å². The van der Waals surface area contributed by atoms with Crippen LogP contribution in [0.25, 0.3) is 43.9 Å². The van der Waals surface area contributed by atoms with Crippen molar-refractivity contribution in [2.45, 2.75) is 0 Å². The summed E-state index contributed by atoms with van der Waals surface area (Å²) >= 11 is 0. The van der Waals surface area contributed by atoms with E-state index in [0.29, 0.717) is 33.2 Å². The van der Waals surface area contributed by atoms with Gasteiger partial charge >= 0.3 is 5.63 Å². The summed E-state index contributed by atoms with van der Waals surface area (Å²) in [5.41, 5.74) is -0.182. The molecule has 0 atom stereocenters. The Morgan fingerprint density at radius 3 is 2.33 bits per heavy atom. The lowest BCUT2D eigenvalue weighted by molar-refractivity contribution is 0.355. The maximum atomic E-state index is 13.2. The normalized spacial score (nSPS) is 11.6. The van der Waals surface area contributed by atoms with Crippen molar-refractivity contribution >= 4 is 43.9 Å². The number of fused-ring (bicyclic) bond motifs is 6. The maximum Gasteiger partial charge on any atom is 0.380 e. The second-order valence-corrected chi connectivity index (χ2v) is 6.00. The number of methoxy groups -OCH3 is 2. The lowest BCUT2D eigenvalue weighted by atomic mass is 10.1. The minimum Gasteiger partial charge on any atom is -0.493 e. The van der Waals surface area contributed by atoms with Crippen LogP contribution in [0.3, 0.4) is 0 Å². The van der Waals surface area contributed by atoms with E-state index in [4.69, 9.17) is 22.7 Å². The van der Waals surface area contributed by atoms with Crippen LogP contribution in [0.5, 0.6) is 11.5 Å². The monoisotopic (exact) mass is 364 g/mol. The molecule has 27 heavy (non-hydrogen) atoms. The van der Waals surface area contributed by atoms with E-state index in [-0.39, 0.29) is 27.6 Å². The van der Waals surface area contributed by atoms with Gasteiger partial charge in [0.2, 0.25) is 11.0 Å². The number of hydrogen-bond acceptors (Lipinski definition) is 7. The van der Waals surface area contributed by atoms with Gasteiger partial charge in [-0.25, -0.2) is 4.79 Å². The zero-order chi connectivity index (χ0) is 18.7. The van der Waals surface area contributed by atoms with Crippen LogP contribution in [-0.4, -0.2) is 14.2 Å². The molecule has 3 heterocycles. The van der Waals surface area contributed by atoms with Crippen LogP contribution in [0.4, 0.5) is 0 Å². The van der Waals surface area contributed by atoms with E-state index in [1.807, 2.05) is 0 Å². The fraction of sp³-hybridized carbons (Fsp3) is 0.100. The lowest BCUT2D eigenvalue weighted by Crippen LogP contribution is -2.10. The van der Waals surface area contributed by atoms with E-state index in [9.17, 15) is 9.59 Å². The predicted octanol–water partition coefficient (Wildman–Crippen LogP) is 3.82. The molecule has 0 saturated heterocycles. The van der Waals surface area contributed by atoms with Crippen LogP contribution in [0.2, 0.25) is 0 Å². The van der Waals surface area contributed by atoms with Crippen LogP contribution in [-0.2, 0) is 0 Å². The molecule has 5 rings (SSSR count). The van der Waals surface area contributed by atoms with Gasteiger partial charge in [-0.2, -0.15) is 0 Å². The van der Waals surface area contributed by atoms with Crippen molar-refractivity contribution in [3.63, 3.8) is 0 Å². The summed E-state index contributed by atoms with van der Waals surface area (Å²) in [6.45, 7) is 0. The van der Waals surface area contributed by atoms with Gasteiger partial charge in [-0.1, -0.05) is 0 Å².